The number of carbonyl (C=O) groups excluding carboxylic acids is 1. The Balaban J connectivity index is 1.70. The largest absolute Gasteiger partial charge is 0.379 e. The van der Waals surface area contributed by atoms with Crippen molar-refractivity contribution in [1.29, 1.82) is 0 Å². The number of hydrogen-bond donors (Lipinski definition) is 1. The van der Waals surface area contributed by atoms with Gasteiger partial charge in [0.15, 0.2) is 0 Å². The minimum Gasteiger partial charge on any atom is -0.379 e. The first-order valence-electron chi connectivity index (χ1n) is 6.55. The molecular weight excluding hydrogens is 226 g/mol. The molecule has 1 fully saturated rings. The minimum absolute atomic E-state index is 0.152. The van der Waals surface area contributed by atoms with Crippen LogP contribution in [0.15, 0.2) is 24.3 Å². The van der Waals surface area contributed by atoms with Gasteiger partial charge in [-0.15, -0.1) is 0 Å². The quantitative estimate of drug-likeness (QED) is 0.881. The summed E-state index contributed by atoms with van der Waals surface area (Å²) >= 11 is 0. The van der Waals surface area contributed by atoms with E-state index < -0.39 is 5.41 Å². The molecule has 1 aromatic rings. The van der Waals surface area contributed by atoms with Crippen molar-refractivity contribution in [3.8, 4) is 0 Å². The Bertz CT molecular complexity index is 485. The lowest BCUT2D eigenvalue weighted by Crippen LogP contribution is -2.45. The molecule has 1 aliphatic carbocycles. The van der Waals surface area contributed by atoms with Gasteiger partial charge >= 0.3 is 0 Å². The van der Waals surface area contributed by atoms with Crippen molar-refractivity contribution >= 4 is 5.78 Å². The third-order valence-electron chi connectivity index (χ3n) is 4.55. The van der Waals surface area contributed by atoms with Crippen LogP contribution >= 0.6 is 0 Å². The number of hydrogen-bond acceptors (Lipinski definition) is 3. The molecule has 1 aliphatic heterocycles. The molecule has 1 saturated heterocycles. The second-order valence-corrected chi connectivity index (χ2v) is 5.77. The molecular formula is C15H19NO2. The van der Waals surface area contributed by atoms with E-state index in [4.69, 9.17) is 10.5 Å². The second kappa shape index (κ2) is 4.18. The van der Waals surface area contributed by atoms with Gasteiger partial charge in [0.25, 0.3) is 0 Å². The second-order valence-electron chi connectivity index (χ2n) is 5.77. The van der Waals surface area contributed by atoms with Crippen molar-refractivity contribution in [1.82, 2.24) is 0 Å². The van der Waals surface area contributed by atoms with Gasteiger partial charge in [-0.25, -0.2) is 0 Å². The van der Waals surface area contributed by atoms with Crippen molar-refractivity contribution in [2.24, 2.45) is 11.1 Å². The fourth-order valence-corrected chi connectivity index (χ4v) is 2.98. The molecule has 0 spiro atoms. The Labute approximate surface area is 107 Å². The lowest BCUT2D eigenvalue weighted by molar-refractivity contribution is -0.128. The first-order valence-corrected chi connectivity index (χ1v) is 6.55. The van der Waals surface area contributed by atoms with Gasteiger partial charge in [0.05, 0.1) is 18.6 Å². The van der Waals surface area contributed by atoms with Crippen molar-refractivity contribution in [3.05, 3.63) is 35.4 Å². The third-order valence-corrected chi connectivity index (χ3v) is 4.55. The average Bonchev–Trinajstić information content (AvgIpc) is 2.68. The number of rotatable bonds is 3. The number of benzene rings is 1. The molecule has 3 heteroatoms. The van der Waals surface area contributed by atoms with Crippen molar-refractivity contribution in [2.45, 2.75) is 31.7 Å². The lowest BCUT2D eigenvalue weighted by Gasteiger charge is -2.33. The van der Waals surface area contributed by atoms with Crippen LogP contribution in [0.5, 0.6) is 0 Å². The highest BCUT2D eigenvalue weighted by atomic mass is 16.5. The molecule has 3 rings (SSSR count). The first-order chi connectivity index (χ1) is 8.61. The van der Waals surface area contributed by atoms with E-state index in [1.807, 2.05) is 13.0 Å². The van der Waals surface area contributed by atoms with Gasteiger partial charge in [0, 0.05) is 12.5 Å². The number of nitrogens with two attached hydrogens (primary N) is 1. The average molecular weight is 245 g/mol. The van der Waals surface area contributed by atoms with Gasteiger partial charge in [-0.1, -0.05) is 24.3 Å². The molecule has 2 aliphatic rings. The predicted molar refractivity (Wildman–Crippen MR) is 69.4 cm³/mol. The molecule has 96 valence electrons. The van der Waals surface area contributed by atoms with Gasteiger partial charge in [-0.05, 0) is 30.4 Å². The zero-order chi connectivity index (χ0) is 12.8. The van der Waals surface area contributed by atoms with E-state index in [2.05, 4.69) is 18.2 Å². The topological polar surface area (TPSA) is 52.3 Å². The maximum Gasteiger partial charge on any atom is 0.143 e. The molecule has 0 bridgehead atoms. The Morgan fingerprint density at radius 1 is 1.50 bits per heavy atom. The van der Waals surface area contributed by atoms with Gasteiger partial charge in [-0.2, -0.15) is 0 Å². The van der Waals surface area contributed by atoms with E-state index in [9.17, 15) is 4.79 Å². The highest BCUT2D eigenvalue weighted by molar-refractivity contribution is 5.86. The van der Waals surface area contributed by atoms with Gasteiger partial charge in [-0.3, -0.25) is 4.79 Å². The van der Waals surface area contributed by atoms with Crippen LogP contribution < -0.4 is 5.73 Å². The summed E-state index contributed by atoms with van der Waals surface area (Å²) in [6.07, 6.45) is 1.62. The minimum atomic E-state index is -0.482. The molecule has 3 unspecified atom stereocenters. The van der Waals surface area contributed by atoms with Crippen LogP contribution in [-0.4, -0.2) is 25.0 Å². The van der Waals surface area contributed by atoms with Crippen LogP contribution in [0, 0.1) is 5.41 Å². The van der Waals surface area contributed by atoms with Crippen LogP contribution in [0.4, 0.5) is 0 Å². The van der Waals surface area contributed by atoms with E-state index in [-0.39, 0.29) is 11.8 Å². The fourth-order valence-electron chi connectivity index (χ4n) is 2.98. The number of carbonyl (C=O) groups is 1. The van der Waals surface area contributed by atoms with Crippen LogP contribution in [0.3, 0.4) is 0 Å². The smallest absolute Gasteiger partial charge is 0.143 e. The van der Waals surface area contributed by atoms with Crippen LogP contribution in [0.2, 0.25) is 0 Å². The Morgan fingerprint density at radius 2 is 2.28 bits per heavy atom. The Kier molecular flexibility index (Phi) is 2.76. The first kappa shape index (κ1) is 11.9. The van der Waals surface area contributed by atoms with Crippen molar-refractivity contribution in [2.75, 3.05) is 13.2 Å². The summed E-state index contributed by atoms with van der Waals surface area (Å²) in [6.45, 7) is 2.92. The zero-order valence-electron chi connectivity index (χ0n) is 10.7. The number of fused-ring (bicyclic) bond motifs is 1. The van der Waals surface area contributed by atoms with E-state index >= 15 is 0 Å². The summed E-state index contributed by atoms with van der Waals surface area (Å²) in [5.41, 5.74) is 8.23. The normalized spacial score (nSPS) is 33.9. The summed E-state index contributed by atoms with van der Waals surface area (Å²) in [5, 5.41) is 0. The molecule has 0 amide bonds. The van der Waals surface area contributed by atoms with Crippen LogP contribution in [0.25, 0.3) is 0 Å². The molecule has 1 aromatic carbocycles. The molecule has 3 nitrogen and oxygen atoms in total. The molecule has 0 aromatic heterocycles. The summed E-state index contributed by atoms with van der Waals surface area (Å²) in [7, 11) is 0. The van der Waals surface area contributed by atoms with E-state index in [1.165, 1.54) is 11.1 Å². The van der Waals surface area contributed by atoms with E-state index in [1.54, 1.807) is 0 Å². The summed E-state index contributed by atoms with van der Waals surface area (Å²) in [5.74, 6) is 0.644. The molecule has 0 radical (unpaired) electrons. The molecule has 2 N–H and O–H groups in total. The number of Topliss-reactive ketones (excluding diaryl/α,β-unsaturated/α-hetero) is 1. The van der Waals surface area contributed by atoms with Gasteiger partial charge in [0.1, 0.15) is 5.78 Å². The lowest BCUT2D eigenvalue weighted by atomic mass is 9.70. The van der Waals surface area contributed by atoms with E-state index in [0.29, 0.717) is 25.6 Å². The van der Waals surface area contributed by atoms with Crippen LogP contribution in [-0.2, 0) is 16.0 Å². The molecule has 1 heterocycles. The monoisotopic (exact) mass is 245 g/mol. The summed E-state index contributed by atoms with van der Waals surface area (Å²) in [6, 6.07) is 8.22. The maximum absolute atomic E-state index is 12.4. The van der Waals surface area contributed by atoms with Crippen LogP contribution in [0.1, 0.15) is 30.4 Å². The van der Waals surface area contributed by atoms with E-state index in [0.717, 1.165) is 6.42 Å². The van der Waals surface area contributed by atoms with Gasteiger partial charge < -0.3 is 10.5 Å². The summed E-state index contributed by atoms with van der Waals surface area (Å²) < 4.78 is 5.35. The molecule has 18 heavy (non-hydrogen) atoms. The molecule has 3 atom stereocenters. The highest BCUT2D eigenvalue weighted by Crippen LogP contribution is 2.40. The fraction of sp³-hybridized carbons (Fsp3) is 0.533. The van der Waals surface area contributed by atoms with Crippen molar-refractivity contribution < 1.29 is 9.53 Å². The molecule has 0 saturated carbocycles. The Morgan fingerprint density at radius 3 is 2.94 bits per heavy atom. The standard InChI is InChI=1S/C15H19NO2/c1-15(9-18-8-13(15)16)14(17)7-11-6-10-4-2-3-5-12(10)11/h2-5,11,13H,6-9,16H2,1H3. The SMILES string of the molecule is CC1(C(=O)CC2Cc3ccccc32)COCC1N. The highest BCUT2D eigenvalue weighted by Gasteiger charge is 2.45. The van der Waals surface area contributed by atoms with Crippen molar-refractivity contribution in [3.63, 3.8) is 0 Å². The Hall–Kier alpha value is -1.19. The summed E-state index contributed by atoms with van der Waals surface area (Å²) in [4.78, 5) is 12.4. The maximum atomic E-state index is 12.4. The number of ketones is 1. The number of ether oxygens (including phenoxy) is 1. The predicted octanol–water partition coefficient (Wildman–Crippen LogP) is 1.65. The zero-order valence-corrected chi connectivity index (χ0v) is 10.7. The van der Waals surface area contributed by atoms with Gasteiger partial charge in [0.2, 0.25) is 0 Å². The third kappa shape index (κ3) is 1.70.